The van der Waals surface area contributed by atoms with E-state index < -0.39 is 16.8 Å². The number of aliphatic carboxylic acids is 1. The fourth-order valence-corrected chi connectivity index (χ4v) is 0.413. The third-order valence-electron chi connectivity index (χ3n) is 1.03. The van der Waals surface area contributed by atoms with Crippen LogP contribution in [-0.2, 0) is 4.79 Å². The van der Waals surface area contributed by atoms with Gasteiger partial charge in [-0.15, -0.1) is 0 Å². The van der Waals surface area contributed by atoms with Crippen LogP contribution >= 0.6 is 12.6 Å². The van der Waals surface area contributed by atoms with Crippen LogP contribution in [0, 0.1) is 0 Å². The molecule has 56 valence electrons. The van der Waals surface area contributed by atoms with Gasteiger partial charge < -0.3 is 10.8 Å². The molecule has 0 spiro atoms. The van der Waals surface area contributed by atoms with Gasteiger partial charge >= 0.3 is 35.5 Å². The van der Waals surface area contributed by atoms with Crippen molar-refractivity contribution in [2.24, 2.45) is 5.73 Å². The SMILES string of the molecule is CC(C)(S)[C@@H](N)C(=O)O.[NaH]. The number of hydrogen-bond acceptors (Lipinski definition) is 3. The molecule has 5 heteroatoms. The molecule has 0 aliphatic heterocycles. The Morgan fingerprint density at radius 1 is 1.70 bits per heavy atom. The van der Waals surface area contributed by atoms with Crippen molar-refractivity contribution in [2.75, 3.05) is 0 Å². The molecule has 0 heterocycles. The Morgan fingerprint density at radius 2 is 2.00 bits per heavy atom. The monoisotopic (exact) mass is 173 g/mol. The van der Waals surface area contributed by atoms with Crippen LogP contribution in [0.4, 0.5) is 0 Å². The van der Waals surface area contributed by atoms with Crippen LogP contribution < -0.4 is 5.73 Å². The summed E-state index contributed by atoms with van der Waals surface area (Å²) < 4.78 is -0.647. The zero-order valence-electron chi connectivity index (χ0n) is 5.46. The molecule has 10 heavy (non-hydrogen) atoms. The average molecular weight is 173 g/mol. The summed E-state index contributed by atoms with van der Waals surface area (Å²) in [6, 6.07) is -0.902. The van der Waals surface area contributed by atoms with Gasteiger partial charge in [-0.05, 0) is 13.8 Å². The van der Waals surface area contributed by atoms with Gasteiger partial charge in [0, 0.05) is 4.75 Å². The van der Waals surface area contributed by atoms with E-state index in [0.29, 0.717) is 0 Å². The normalized spacial score (nSPS) is 13.6. The first kappa shape index (κ1) is 13.4. The van der Waals surface area contributed by atoms with Gasteiger partial charge in [0.05, 0.1) is 0 Å². The third kappa shape index (κ3) is 4.57. The van der Waals surface area contributed by atoms with E-state index in [1.165, 1.54) is 0 Å². The first-order chi connectivity index (χ1) is 3.85. The number of nitrogens with two attached hydrogens (primary N) is 1. The van der Waals surface area contributed by atoms with Gasteiger partial charge in [-0.25, -0.2) is 0 Å². The zero-order chi connectivity index (χ0) is 7.65. The van der Waals surface area contributed by atoms with Crippen LogP contribution in [0.5, 0.6) is 0 Å². The Morgan fingerprint density at radius 3 is 2.00 bits per heavy atom. The molecule has 0 radical (unpaired) electrons. The number of rotatable bonds is 2. The Balaban J connectivity index is 0. The molecule has 0 unspecified atom stereocenters. The second kappa shape index (κ2) is 4.62. The van der Waals surface area contributed by atoms with Gasteiger partial charge in [-0.2, -0.15) is 12.6 Å². The maximum absolute atomic E-state index is 10.2. The second-order valence-electron chi connectivity index (χ2n) is 2.47. The molecular formula is C5H12NNaO2S. The van der Waals surface area contributed by atoms with Crippen LogP contribution in [0.25, 0.3) is 0 Å². The molecule has 0 aliphatic carbocycles. The van der Waals surface area contributed by atoms with Crippen LogP contribution in [0.1, 0.15) is 13.8 Å². The molecule has 0 rings (SSSR count). The van der Waals surface area contributed by atoms with Crippen molar-refractivity contribution in [3.8, 4) is 0 Å². The topological polar surface area (TPSA) is 63.3 Å². The predicted octanol–water partition coefficient (Wildman–Crippen LogP) is -0.542. The van der Waals surface area contributed by atoms with Gasteiger partial charge in [-0.3, -0.25) is 4.79 Å². The fraction of sp³-hybridized carbons (Fsp3) is 0.800. The molecule has 0 saturated carbocycles. The van der Waals surface area contributed by atoms with Gasteiger partial charge in [-0.1, -0.05) is 0 Å². The van der Waals surface area contributed by atoms with E-state index in [0.717, 1.165) is 0 Å². The first-order valence-corrected chi connectivity index (χ1v) is 3.01. The number of carboxylic acids is 1. The van der Waals surface area contributed by atoms with Crippen molar-refractivity contribution in [1.29, 1.82) is 0 Å². The van der Waals surface area contributed by atoms with Crippen LogP contribution in [-0.4, -0.2) is 51.4 Å². The summed E-state index contributed by atoms with van der Waals surface area (Å²) in [6.07, 6.45) is 0. The van der Waals surface area contributed by atoms with Crippen LogP contribution in [0.3, 0.4) is 0 Å². The molecule has 0 aromatic heterocycles. The average Bonchev–Trinajstić information content (AvgIpc) is 1.62. The third-order valence-corrected chi connectivity index (χ3v) is 1.31. The van der Waals surface area contributed by atoms with E-state index in [9.17, 15) is 4.79 Å². The molecule has 1 atom stereocenters. The molecule has 0 aromatic carbocycles. The van der Waals surface area contributed by atoms with E-state index in [1.807, 2.05) is 0 Å². The van der Waals surface area contributed by atoms with E-state index >= 15 is 0 Å². The minimum absolute atomic E-state index is 0. The number of hydrogen-bond donors (Lipinski definition) is 3. The van der Waals surface area contributed by atoms with Crippen molar-refractivity contribution in [1.82, 2.24) is 0 Å². The van der Waals surface area contributed by atoms with Crippen molar-refractivity contribution < 1.29 is 9.90 Å². The van der Waals surface area contributed by atoms with Crippen LogP contribution in [0.2, 0.25) is 0 Å². The van der Waals surface area contributed by atoms with E-state index in [1.54, 1.807) is 13.8 Å². The maximum atomic E-state index is 10.2. The van der Waals surface area contributed by atoms with Gasteiger partial charge in [0.15, 0.2) is 0 Å². The summed E-state index contributed by atoms with van der Waals surface area (Å²) in [5, 5.41) is 8.34. The molecular weight excluding hydrogens is 161 g/mol. The van der Waals surface area contributed by atoms with Crippen molar-refractivity contribution in [3.63, 3.8) is 0 Å². The summed E-state index contributed by atoms with van der Waals surface area (Å²) in [5.41, 5.74) is 5.22. The van der Waals surface area contributed by atoms with Crippen molar-refractivity contribution in [3.05, 3.63) is 0 Å². The van der Waals surface area contributed by atoms with Gasteiger partial charge in [0.1, 0.15) is 6.04 Å². The summed E-state index contributed by atoms with van der Waals surface area (Å²) in [4.78, 5) is 10.2. The summed E-state index contributed by atoms with van der Waals surface area (Å²) in [5.74, 6) is -1.02. The fourth-order valence-electron chi connectivity index (χ4n) is 0.302. The molecule has 0 amide bonds. The number of carbonyl (C=O) groups is 1. The van der Waals surface area contributed by atoms with E-state index in [4.69, 9.17) is 10.8 Å². The Labute approximate surface area is 88.1 Å². The number of thiol groups is 1. The standard InChI is InChI=1S/C5H11NO2S.Na.H/c1-5(2,9)3(6)4(7)8;;/h3,9H,6H2,1-2H3,(H,7,8);;/t3-;;/m0../s1. The Bertz CT molecular complexity index is 123. The molecule has 0 aliphatic rings. The minimum atomic E-state index is -1.02. The first-order valence-electron chi connectivity index (χ1n) is 2.56. The molecule has 0 saturated heterocycles. The van der Waals surface area contributed by atoms with E-state index in [2.05, 4.69) is 12.6 Å². The molecule has 0 aromatic rings. The van der Waals surface area contributed by atoms with Gasteiger partial charge in [0.25, 0.3) is 0 Å². The quantitative estimate of drug-likeness (QED) is 0.388. The second-order valence-corrected chi connectivity index (χ2v) is 3.62. The molecule has 0 fully saturated rings. The Kier molecular flexibility index (Phi) is 6.17. The van der Waals surface area contributed by atoms with E-state index in [-0.39, 0.29) is 29.6 Å². The summed E-state index contributed by atoms with van der Waals surface area (Å²) in [6.45, 7) is 3.32. The molecule has 3 nitrogen and oxygen atoms in total. The summed E-state index contributed by atoms with van der Waals surface area (Å²) in [7, 11) is 0. The van der Waals surface area contributed by atoms with Gasteiger partial charge in [0.2, 0.25) is 0 Å². The summed E-state index contributed by atoms with van der Waals surface area (Å²) >= 11 is 3.98. The van der Waals surface area contributed by atoms with Crippen LogP contribution in [0.15, 0.2) is 0 Å². The molecule has 3 N–H and O–H groups in total. The number of carboxylic acid groups (broad SMARTS) is 1. The Hall–Kier alpha value is 0.780. The molecule has 0 bridgehead atoms. The van der Waals surface area contributed by atoms with Crippen molar-refractivity contribution >= 4 is 48.2 Å². The predicted molar refractivity (Wildman–Crippen MR) is 45.8 cm³/mol. The van der Waals surface area contributed by atoms with Crippen molar-refractivity contribution in [2.45, 2.75) is 24.6 Å². The zero-order valence-corrected chi connectivity index (χ0v) is 6.35.